The summed E-state index contributed by atoms with van der Waals surface area (Å²) >= 11 is 0. The van der Waals surface area contributed by atoms with Gasteiger partial charge in [-0.2, -0.15) is 0 Å². The first kappa shape index (κ1) is 18.5. The third kappa shape index (κ3) is 3.36. The van der Waals surface area contributed by atoms with Crippen molar-refractivity contribution < 1.29 is 23.6 Å². The first-order valence-corrected chi connectivity index (χ1v) is 9.63. The number of piperidine rings is 1. The number of carbonyl (C=O) groups is 4. The number of furan rings is 1. The number of hydrogen-bond donors (Lipinski definition) is 2. The molecule has 0 bridgehead atoms. The average molecular weight is 388 g/mol. The Morgan fingerprint density at radius 1 is 1.25 bits per heavy atom. The molecule has 3 heterocycles. The monoisotopic (exact) mass is 388 g/mol. The average Bonchev–Trinajstić information content (AvgIpc) is 3.35. The second-order valence-corrected chi connectivity index (χ2v) is 7.94. The molecule has 3 fully saturated rings. The minimum atomic E-state index is -0.879. The summed E-state index contributed by atoms with van der Waals surface area (Å²) in [5.41, 5.74) is -0.365. The maximum absolute atomic E-state index is 12.6. The van der Waals surface area contributed by atoms with Crippen LogP contribution in [0.15, 0.2) is 23.0 Å². The molecule has 0 radical (unpaired) electrons. The zero-order valence-corrected chi connectivity index (χ0v) is 15.8. The van der Waals surface area contributed by atoms with Crippen molar-refractivity contribution in [3.8, 4) is 0 Å². The Labute approximate surface area is 162 Å². The molecule has 2 aliphatic heterocycles. The molecule has 3 aliphatic rings. The number of carbonyl (C=O) groups excluding carboxylic acids is 4. The third-order valence-corrected chi connectivity index (χ3v) is 5.91. The predicted octanol–water partition coefficient (Wildman–Crippen LogP) is 0.721. The van der Waals surface area contributed by atoms with E-state index in [9.17, 15) is 19.2 Å². The largest absolute Gasteiger partial charge is 0.472 e. The molecule has 150 valence electrons. The van der Waals surface area contributed by atoms with E-state index in [1.807, 2.05) is 0 Å². The van der Waals surface area contributed by atoms with Crippen molar-refractivity contribution in [1.29, 1.82) is 0 Å². The molecule has 9 nitrogen and oxygen atoms in total. The molecule has 2 N–H and O–H groups in total. The highest BCUT2D eigenvalue weighted by Gasteiger charge is 2.56. The van der Waals surface area contributed by atoms with Crippen molar-refractivity contribution in [1.82, 2.24) is 20.4 Å². The highest BCUT2D eigenvalue weighted by molar-refractivity contribution is 6.09. The SMILES string of the molecule is C[C@]1(C2CC2)NC(=O)N(CC(=O)NC2CCN(C(=O)c3ccoc3)CC2)C1=O. The molecule has 4 rings (SSSR count). The van der Waals surface area contributed by atoms with Crippen LogP contribution in [0.2, 0.25) is 0 Å². The van der Waals surface area contributed by atoms with E-state index >= 15 is 0 Å². The van der Waals surface area contributed by atoms with Gasteiger partial charge in [0.25, 0.3) is 11.8 Å². The molecule has 1 aromatic heterocycles. The molecule has 2 saturated heterocycles. The van der Waals surface area contributed by atoms with Crippen molar-refractivity contribution in [2.75, 3.05) is 19.6 Å². The summed E-state index contributed by atoms with van der Waals surface area (Å²) in [4.78, 5) is 52.2. The second kappa shape index (κ2) is 6.96. The van der Waals surface area contributed by atoms with E-state index in [1.165, 1.54) is 12.5 Å². The van der Waals surface area contributed by atoms with Crippen molar-refractivity contribution >= 4 is 23.8 Å². The second-order valence-electron chi connectivity index (χ2n) is 7.94. The number of amides is 5. The molecule has 28 heavy (non-hydrogen) atoms. The molecule has 0 spiro atoms. The Morgan fingerprint density at radius 3 is 2.57 bits per heavy atom. The Bertz CT molecular complexity index is 795. The summed E-state index contributed by atoms with van der Waals surface area (Å²) in [7, 11) is 0. The van der Waals surface area contributed by atoms with Gasteiger partial charge in [0.05, 0.1) is 11.8 Å². The number of nitrogens with zero attached hydrogens (tertiary/aromatic N) is 2. The number of hydrogen-bond acceptors (Lipinski definition) is 5. The Morgan fingerprint density at radius 2 is 1.96 bits per heavy atom. The smallest absolute Gasteiger partial charge is 0.325 e. The standard InChI is InChI=1S/C19H24N4O5/c1-19(13-2-3-13)17(26)23(18(27)21-19)10-15(24)20-14-4-7-22(8-5-14)16(25)12-6-9-28-11-12/h6,9,11,13-14H,2-5,7-8,10H2,1H3,(H,20,24)(H,21,27)/t19-/m1/s1. The molecule has 1 saturated carbocycles. The Kier molecular flexibility index (Phi) is 4.60. The minimum absolute atomic E-state index is 0.0859. The number of likely N-dealkylation sites (tertiary alicyclic amines) is 1. The Hall–Kier alpha value is -2.84. The normalized spacial score (nSPS) is 25.8. The first-order chi connectivity index (χ1) is 13.4. The highest BCUT2D eigenvalue weighted by atomic mass is 16.3. The molecule has 9 heteroatoms. The Balaban J connectivity index is 1.26. The zero-order valence-electron chi connectivity index (χ0n) is 15.8. The quantitative estimate of drug-likeness (QED) is 0.722. The molecule has 1 aromatic rings. The van der Waals surface area contributed by atoms with E-state index in [4.69, 9.17) is 4.42 Å². The van der Waals surface area contributed by atoms with Crippen molar-refractivity contribution in [2.45, 2.75) is 44.2 Å². The van der Waals surface area contributed by atoms with Crippen molar-refractivity contribution in [2.24, 2.45) is 5.92 Å². The van der Waals surface area contributed by atoms with Gasteiger partial charge in [0.2, 0.25) is 5.91 Å². The summed E-state index contributed by atoms with van der Waals surface area (Å²) < 4.78 is 4.94. The van der Waals surface area contributed by atoms with E-state index in [0.717, 1.165) is 17.7 Å². The van der Waals surface area contributed by atoms with Gasteiger partial charge >= 0.3 is 6.03 Å². The van der Waals surface area contributed by atoms with E-state index in [2.05, 4.69) is 10.6 Å². The molecule has 1 aliphatic carbocycles. The van der Waals surface area contributed by atoms with Crippen LogP contribution in [0.4, 0.5) is 4.79 Å². The fourth-order valence-corrected chi connectivity index (χ4v) is 4.01. The van der Waals surface area contributed by atoms with Crippen molar-refractivity contribution in [3.05, 3.63) is 24.2 Å². The fraction of sp³-hybridized carbons (Fsp3) is 0.579. The van der Waals surface area contributed by atoms with Gasteiger partial charge < -0.3 is 20.0 Å². The van der Waals surface area contributed by atoms with E-state index < -0.39 is 11.6 Å². The van der Waals surface area contributed by atoms with Gasteiger partial charge in [-0.3, -0.25) is 19.3 Å². The van der Waals surface area contributed by atoms with Crippen LogP contribution in [0, 0.1) is 5.92 Å². The molecule has 0 unspecified atom stereocenters. The lowest BCUT2D eigenvalue weighted by Gasteiger charge is -2.32. The highest BCUT2D eigenvalue weighted by Crippen LogP contribution is 2.42. The molecule has 1 atom stereocenters. The van der Waals surface area contributed by atoms with E-state index in [1.54, 1.807) is 17.9 Å². The number of rotatable bonds is 5. The molecular formula is C19H24N4O5. The zero-order chi connectivity index (χ0) is 19.9. The van der Waals surface area contributed by atoms with Crippen LogP contribution in [0.1, 0.15) is 43.0 Å². The van der Waals surface area contributed by atoms with E-state index in [0.29, 0.717) is 31.5 Å². The van der Waals surface area contributed by atoms with E-state index in [-0.39, 0.29) is 36.2 Å². The van der Waals surface area contributed by atoms with Gasteiger partial charge in [0, 0.05) is 19.1 Å². The van der Waals surface area contributed by atoms with Crippen LogP contribution in [-0.4, -0.2) is 64.8 Å². The summed E-state index contributed by atoms with van der Waals surface area (Å²) in [6.45, 7) is 2.51. The summed E-state index contributed by atoms with van der Waals surface area (Å²) in [5.74, 6) is -0.606. The van der Waals surface area contributed by atoms with Gasteiger partial charge in [0.1, 0.15) is 18.3 Å². The summed E-state index contributed by atoms with van der Waals surface area (Å²) in [5, 5.41) is 5.62. The lowest BCUT2D eigenvalue weighted by Crippen LogP contribution is -2.50. The lowest BCUT2D eigenvalue weighted by atomic mass is 9.96. The van der Waals surface area contributed by atoms with Gasteiger partial charge in [-0.05, 0) is 44.6 Å². The van der Waals surface area contributed by atoms with Crippen molar-refractivity contribution in [3.63, 3.8) is 0 Å². The maximum Gasteiger partial charge on any atom is 0.325 e. The van der Waals surface area contributed by atoms with Crippen LogP contribution < -0.4 is 10.6 Å². The van der Waals surface area contributed by atoms with Crippen LogP contribution in [0.3, 0.4) is 0 Å². The summed E-state index contributed by atoms with van der Waals surface area (Å²) in [6, 6.07) is 1.04. The topological polar surface area (TPSA) is 112 Å². The van der Waals surface area contributed by atoms with Gasteiger partial charge in [-0.25, -0.2) is 4.79 Å². The van der Waals surface area contributed by atoms with Crippen LogP contribution >= 0.6 is 0 Å². The van der Waals surface area contributed by atoms with Gasteiger partial charge in [-0.15, -0.1) is 0 Å². The maximum atomic E-state index is 12.6. The van der Waals surface area contributed by atoms with Gasteiger partial charge in [0.15, 0.2) is 0 Å². The van der Waals surface area contributed by atoms with Crippen LogP contribution in [-0.2, 0) is 9.59 Å². The first-order valence-electron chi connectivity index (χ1n) is 9.63. The molecule has 5 amide bonds. The summed E-state index contributed by atoms with van der Waals surface area (Å²) in [6.07, 6.45) is 5.95. The third-order valence-electron chi connectivity index (χ3n) is 5.91. The van der Waals surface area contributed by atoms with Gasteiger partial charge in [-0.1, -0.05) is 0 Å². The molecule has 0 aromatic carbocycles. The number of imide groups is 1. The lowest BCUT2D eigenvalue weighted by molar-refractivity contribution is -0.135. The number of urea groups is 1. The minimum Gasteiger partial charge on any atom is -0.472 e. The molecular weight excluding hydrogens is 364 g/mol. The van der Waals surface area contributed by atoms with Crippen LogP contribution in [0.5, 0.6) is 0 Å². The fourth-order valence-electron chi connectivity index (χ4n) is 4.01. The predicted molar refractivity (Wildman–Crippen MR) is 97.1 cm³/mol. The van der Waals surface area contributed by atoms with Crippen LogP contribution in [0.25, 0.3) is 0 Å². The number of nitrogens with one attached hydrogen (secondary N) is 2.